The Hall–Kier alpha value is -0.960. The van der Waals surface area contributed by atoms with Crippen molar-refractivity contribution < 1.29 is 8.42 Å². The van der Waals surface area contributed by atoms with Gasteiger partial charge in [-0.25, -0.2) is 4.72 Å². The van der Waals surface area contributed by atoms with Crippen LogP contribution in [0.4, 0.5) is 0 Å². The molecule has 0 aromatic carbocycles. The van der Waals surface area contributed by atoms with E-state index in [0.29, 0.717) is 26.2 Å². The van der Waals surface area contributed by atoms with Gasteiger partial charge < -0.3 is 5.73 Å². The zero-order valence-corrected chi connectivity index (χ0v) is 12.6. The summed E-state index contributed by atoms with van der Waals surface area (Å²) >= 11 is 0. The standard InChI is InChI=1S/C12H23N5O2S/c1-11-9-14-16(10-11)7-5-15-20(18,19)17-6-3-2-4-12(17)8-13/h9-10,12,15H,2-8,13H2,1H3. The van der Waals surface area contributed by atoms with Crippen LogP contribution in [0.3, 0.4) is 0 Å². The molecule has 0 amide bonds. The molecule has 1 aliphatic heterocycles. The molecule has 0 radical (unpaired) electrons. The van der Waals surface area contributed by atoms with Gasteiger partial charge >= 0.3 is 0 Å². The van der Waals surface area contributed by atoms with Crippen molar-refractivity contribution in [3.05, 3.63) is 18.0 Å². The lowest BCUT2D eigenvalue weighted by Crippen LogP contribution is -2.52. The zero-order chi connectivity index (χ0) is 14.6. The summed E-state index contributed by atoms with van der Waals surface area (Å²) in [5.74, 6) is 0. The van der Waals surface area contributed by atoms with E-state index in [9.17, 15) is 8.42 Å². The summed E-state index contributed by atoms with van der Waals surface area (Å²) in [6.07, 6.45) is 6.42. The van der Waals surface area contributed by atoms with E-state index in [-0.39, 0.29) is 6.04 Å². The predicted molar refractivity (Wildman–Crippen MR) is 77.3 cm³/mol. The Morgan fingerprint density at radius 2 is 2.30 bits per heavy atom. The van der Waals surface area contributed by atoms with E-state index < -0.39 is 10.2 Å². The van der Waals surface area contributed by atoms with Crippen LogP contribution < -0.4 is 10.5 Å². The molecule has 7 nitrogen and oxygen atoms in total. The number of rotatable bonds is 6. The van der Waals surface area contributed by atoms with E-state index in [1.54, 1.807) is 10.9 Å². The Kier molecular flexibility index (Phi) is 5.14. The summed E-state index contributed by atoms with van der Waals surface area (Å²) in [6, 6.07) is -0.0757. The first kappa shape index (κ1) is 15.4. The number of piperidine rings is 1. The van der Waals surface area contributed by atoms with Gasteiger partial charge in [0.1, 0.15) is 0 Å². The Labute approximate surface area is 120 Å². The van der Waals surface area contributed by atoms with Gasteiger partial charge in [-0.05, 0) is 25.3 Å². The molecule has 8 heteroatoms. The smallest absolute Gasteiger partial charge is 0.279 e. The first-order valence-electron chi connectivity index (χ1n) is 6.98. The maximum atomic E-state index is 12.3. The van der Waals surface area contributed by atoms with Crippen LogP contribution in [0.25, 0.3) is 0 Å². The van der Waals surface area contributed by atoms with Gasteiger partial charge in [0.15, 0.2) is 0 Å². The van der Waals surface area contributed by atoms with Gasteiger partial charge in [-0.3, -0.25) is 4.68 Å². The fourth-order valence-electron chi connectivity index (χ4n) is 2.49. The molecule has 1 atom stereocenters. The minimum absolute atomic E-state index is 0.0757. The highest BCUT2D eigenvalue weighted by molar-refractivity contribution is 7.87. The van der Waals surface area contributed by atoms with Crippen molar-refractivity contribution in [3.63, 3.8) is 0 Å². The molecule has 1 saturated heterocycles. The molecule has 0 saturated carbocycles. The second kappa shape index (κ2) is 6.66. The highest BCUT2D eigenvalue weighted by Gasteiger charge is 2.30. The summed E-state index contributed by atoms with van der Waals surface area (Å²) in [5, 5.41) is 4.13. The number of hydrogen-bond donors (Lipinski definition) is 2. The van der Waals surface area contributed by atoms with Gasteiger partial charge in [0.05, 0.1) is 12.7 Å². The van der Waals surface area contributed by atoms with Crippen LogP contribution in [-0.4, -0.2) is 48.2 Å². The van der Waals surface area contributed by atoms with Gasteiger partial charge in [0.25, 0.3) is 10.2 Å². The molecule has 3 N–H and O–H groups in total. The Morgan fingerprint density at radius 1 is 1.50 bits per heavy atom. The molecule has 0 aliphatic carbocycles. The molecule has 20 heavy (non-hydrogen) atoms. The minimum atomic E-state index is -3.45. The molecule has 0 spiro atoms. The average molecular weight is 301 g/mol. The summed E-state index contributed by atoms with van der Waals surface area (Å²) < 4.78 is 30.4. The van der Waals surface area contributed by atoms with Crippen LogP contribution >= 0.6 is 0 Å². The lowest BCUT2D eigenvalue weighted by molar-refractivity contribution is 0.254. The Morgan fingerprint density at radius 3 is 2.95 bits per heavy atom. The van der Waals surface area contributed by atoms with Gasteiger partial charge in [-0.2, -0.15) is 17.8 Å². The third-order valence-electron chi connectivity index (χ3n) is 3.54. The average Bonchev–Trinajstić information content (AvgIpc) is 2.84. The fourth-order valence-corrected chi connectivity index (χ4v) is 3.96. The van der Waals surface area contributed by atoms with Gasteiger partial charge in [-0.15, -0.1) is 0 Å². The lowest BCUT2D eigenvalue weighted by atomic mass is 10.1. The van der Waals surface area contributed by atoms with Gasteiger partial charge in [0, 0.05) is 31.9 Å². The molecule has 1 unspecified atom stereocenters. The summed E-state index contributed by atoms with van der Waals surface area (Å²) in [7, 11) is -3.45. The van der Waals surface area contributed by atoms with E-state index in [1.165, 1.54) is 4.31 Å². The van der Waals surface area contributed by atoms with E-state index in [4.69, 9.17) is 5.73 Å². The molecule has 1 aromatic heterocycles. The first-order chi connectivity index (χ1) is 9.53. The summed E-state index contributed by atoms with van der Waals surface area (Å²) in [5.41, 5.74) is 6.73. The topological polar surface area (TPSA) is 93.2 Å². The van der Waals surface area contributed by atoms with Crippen molar-refractivity contribution in [2.24, 2.45) is 5.73 Å². The van der Waals surface area contributed by atoms with E-state index in [0.717, 1.165) is 24.8 Å². The molecule has 2 rings (SSSR count). The third kappa shape index (κ3) is 3.78. The molecule has 1 aliphatic rings. The summed E-state index contributed by atoms with van der Waals surface area (Å²) in [4.78, 5) is 0. The molecular formula is C12H23N5O2S. The van der Waals surface area contributed by atoms with Crippen LogP contribution in [-0.2, 0) is 16.8 Å². The number of aryl methyl sites for hydroxylation is 1. The molecule has 0 bridgehead atoms. The zero-order valence-electron chi connectivity index (χ0n) is 11.8. The van der Waals surface area contributed by atoms with Crippen molar-refractivity contribution in [1.82, 2.24) is 18.8 Å². The maximum Gasteiger partial charge on any atom is 0.279 e. The van der Waals surface area contributed by atoms with Crippen molar-refractivity contribution >= 4 is 10.2 Å². The van der Waals surface area contributed by atoms with Crippen molar-refractivity contribution in [3.8, 4) is 0 Å². The van der Waals surface area contributed by atoms with E-state index >= 15 is 0 Å². The number of nitrogens with two attached hydrogens (primary N) is 1. The van der Waals surface area contributed by atoms with Crippen LogP contribution in [0, 0.1) is 6.92 Å². The SMILES string of the molecule is Cc1cnn(CCNS(=O)(=O)N2CCCCC2CN)c1. The van der Waals surface area contributed by atoms with Gasteiger partial charge in [-0.1, -0.05) is 6.42 Å². The third-order valence-corrected chi connectivity index (χ3v) is 5.21. The number of nitrogens with one attached hydrogen (secondary N) is 1. The largest absolute Gasteiger partial charge is 0.329 e. The van der Waals surface area contributed by atoms with Crippen LogP contribution in [0.2, 0.25) is 0 Å². The highest BCUT2D eigenvalue weighted by Crippen LogP contribution is 2.18. The normalized spacial score (nSPS) is 21.2. The van der Waals surface area contributed by atoms with Crippen LogP contribution in [0.15, 0.2) is 12.4 Å². The molecule has 1 aromatic rings. The second-order valence-corrected chi connectivity index (χ2v) is 6.88. The van der Waals surface area contributed by atoms with Crippen LogP contribution in [0.1, 0.15) is 24.8 Å². The monoisotopic (exact) mass is 301 g/mol. The first-order valence-corrected chi connectivity index (χ1v) is 8.42. The van der Waals surface area contributed by atoms with Crippen molar-refractivity contribution in [1.29, 1.82) is 0 Å². The summed E-state index contributed by atoms with van der Waals surface area (Å²) in [6.45, 7) is 3.73. The highest BCUT2D eigenvalue weighted by atomic mass is 32.2. The fraction of sp³-hybridized carbons (Fsp3) is 0.750. The number of nitrogens with zero attached hydrogens (tertiary/aromatic N) is 3. The molecule has 114 valence electrons. The molecular weight excluding hydrogens is 278 g/mol. The predicted octanol–water partition coefficient (Wildman–Crippen LogP) is -0.161. The number of hydrogen-bond acceptors (Lipinski definition) is 4. The molecule has 2 heterocycles. The Balaban J connectivity index is 1.89. The Bertz CT molecular complexity index is 528. The van der Waals surface area contributed by atoms with E-state index in [1.807, 2.05) is 13.1 Å². The number of aromatic nitrogens is 2. The second-order valence-electron chi connectivity index (χ2n) is 5.18. The van der Waals surface area contributed by atoms with Crippen molar-refractivity contribution in [2.75, 3.05) is 19.6 Å². The van der Waals surface area contributed by atoms with Crippen molar-refractivity contribution in [2.45, 2.75) is 38.8 Å². The molecule has 1 fully saturated rings. The quantitative estimate of drug-likeness (QED) is 0.763. The lowest BCUT2D eigenvalue weighted by Gasteiger charge is -2.33. The minimum Gasteiger partial charge on any atom is -0.329 e. The van der Waals surface area contributed by atoms with E-state index in [2.05, 4.69) is 9.82 Å². The maximum absolute atomic E-state index is 12.3. The van der Waals surface area contributed by atoms with Crippen LogP contribution in [0.5, 0.6) is 0 Å². The van der Waals surface area contributed by atoms with Gasteiger partial charge in [0.2, 0.25) is 0 Å².